The maximum atomic E-state index is 13.9. The topological polar surface area (TPSA) is 104 Å². The molecule has 14 heteroatoms. The summed E-state index contributed by atoms with van der Waals surface area (Å²) in [6.45, 7) is 5.00. The fourth-order valence-corrected chi connectivity index (χ4v) is 11.5. The summed E-state index contributed by atoms with van der Waals surface area (Å²) in [6.07, 6.45) is 0.225. The Labute approximate surface area is 340 Å². The molecule has 2 aliphatic heterocycles. The summed E-state index contributed by atoms with van der Waals surface area (Å²) in [5, 5.41) is 2.91. The van der Waals surface area contributed by atoms with Gasteiger partial charge < -0.3 is 10.2 Å². The third-order valence-corrected chi connectivity index (χ3v) is 14.5. The largest absolute Gasteiger partial charge is 0.416 e. The molecule has 2 aromatic carbocycles. The Morgan fingerprint density at radius 3 is 2.20 bits per heavy atom. The van der Waals surface area contributed by atoms with Gasteiger partial charge in [0.05, 0.1) is 11.1 Å². The van der Waals surface area contributed by atoms with E-state index in [9.17, 15) is 50.3 Å². The molecule has 0 unspecified atom stereocenters. The molecule has 4 amide bonds. The van der Waals surface area contributed by atoms with Crippen LogP contribution in [-0.2, 0) is 49.3 Å². The van der Waals surface area contributed by atoms with E-state index < -0.39 is 52.6 Å². The zero-order valence-corrected chi connectivity index (χ0v) is 33.4. The van der Waals surface area contributed by atoms with Crippen molar-refractivity contribution in [2.45, 2.75) is 122 Å². The number of nitrogens with zero attached hydrogens (tertiary/aromatic N) is 2. The minimum absolute atomic E-state index is 0.0766. The number of rotatable bonds is 12. The van der Waals surface area contributed by atoms with Gasteiger partial charge in [-0.2, -0.15) is 26.3 Å². The van der Waals surface area contributed by atoms with E-state index in [-0.39, 0.29) is 65.7 Å². The monoisotopic (exact) mass is 827 g/mol. The Morgan fingerprint density at radius 2 is 1.53 bits per heavy atom. The first-order valence-corrected chi connectivity index (χ1v) is 20.8. The molecule has 3 saturated carbocycles. The Hall–Kier alpha value is -4.49. The molecule has 3 aliphatic carbocycles. The highest BCUT2D eigenvalue weighted by Gasteiger charge is 2.61. The van der Waals surface area contributed by atoms with Crippen LogP contribution < -0.4 is 5.32 Å². The molecule has 0 radical (unpaired) electrons. The Kier molecular flexibility index (Phi) is 11.7. The van der Waals surface area contributed by atoms with Gasteiger partial charge >= 0.3 is 12.4 Å². The van der Waals surface area contributed by atoms with Gasteiger partial charge in [0.25, 0.3) is 0 Å². The number of unbranched alkanes of at least 4 members (excludes halogenated alkanes) is 2. The van der Waals surface area contributed by atoms with Crippen LogP contribution in [0.5, 0.6) is 0 Å². The minimum Gasteiger partial charge on any atom is -0.331 e. The van der Waals surface area contributed by atoms with E-state index in [1.54, 1.807) is 6.08 Å². The molecule has 59 heavy (non-hydrogen) atoms. The lowest BCUT2D eigenvalue weighted by atomic mass is 9.47. The van der Waals surface area contributed by atoms with Crippen molar-refractivity contribution in [3.8, 4) is 0 Å². The van der Waals surface area contributed by atoms with E-state index in [2.05, 4.69) is 12.2 Å². The lowest BCUT2D eigenvalue weighted by molar-refractivity contribution is -0.145. The molecular formula is C45H51F6N3O5. The number of carbonyl (C=O) groups is 5. The SMILES string of the molecule is C[C@]12C=CC(=O)N(Cc3ccc(NC(=O)CCCCCN4C(=O)CCC4=O)cc3)[C@@H]1CC[C@@H]1[C@@H]2CC[C@]2(C)[C@@H](C(=O)Cc3cc(C(F)(F)F)ccc3C(F)(F)F)CC[C@@H]12. The van der Waals surface area contributed by atoms with Gasteiger partial charge in [-0.15, -0.1) is 0 Å². The minimum atomic E-state index is -4.90. The number of benzene rings is 2. The number of Topliss-reactive ketones (excluding diaryl/α,β-unsaturated/α-hetero) is 1. The number of halogens is 6. The molecule has 1 N–H and O–H groups in total. The highest BCUT2D eigenvalue weighted by atomic mass is 19.4. The van der Waals surface area contributed by atoms with Crippen LogP contribution in [0, 0.1) is 34.5 Å². The number of amides is 4. The van der Waals surface area contributed by atoms with Gasteiger partial charge in [-0.05, 0) is 122 Å². The van der Waals surface area contributed by atoms with Crippen LogP contribution in [0.3, 0.4) is 0 Å². The average molecular weight is 828 g/mol. The number of likely N-dealkylation sites (tertiary alicyclic amines) is 1. The number of fused-ring (bicyclic) bond motifs is 5. The predicted molar refractivity (Wildman–Crippen MR) is 206 cm³/mol. The van der Waals surface area contributed by atoms with E-state index in [1.807, 2.05) is 42.2 Å². The van der Waals surface area contributed by atoms with Crippen molar-refractivity contribution in [2.75, 3.05) is 11.9 Å². The molecule has 318 valence electrons. The highest BCUT2D eigenvalue weighted by molar-refractivity contribution is 6.01. The van der Waals surface area contributed by atoms with E-state index in [0.717, 1.165) is 24.8 Å². The summed E-state index contributed by atoms with van der Waals surface area (Å²) in [7, 11) is 0. The zero-order chi connectivity index (χ0) is 42.5. The van der Waals surface area contributed by atoms with E-state index in [4.69, 9.17) is 0 Å². The quantitative estimate of drug-likeness (QED) is 0.131. The van der Waals surface area contributed by atoms with Gasteiger partial charge in [0.15, 0.2) is 0 Å². The summed E-state index contributed by atoms with van der Waals surface area (Å²) in [5.41, 5.74) is -2.37. The fourth-order valence-electron chi connectivity index (χ4n) is 11.5. The molecular weight excluding hydrogens is 776 g/mol. The second-order valence-corrected chi connectivity index (χ2v) is 17.8. The first kappa shape index (κ1) is 42.6. The van der Waals surface area contributed by atoms with Crippen LogP contribution in [-0.4, -0.2) is 51.8 Å². The molecule has 5 aliphatic rings. The average Bonchev–Trinajstić information content (AvgIpc) is 3.69. The van der Waals surface area contributed by atoms with Crippen LogP contribution >= 0.6 is 0 Å². The van der Waals surface area contributed by atoms with Crippen LogP contribution in [0.15, 0.2) is 54.6 Å². The molecule has 7 rings (SSSR count). The van der Waals surface area contributed by atoms with Crippen molar-refractivity contribution in [3.63, 3.8) is 0 Å². The number of nitrogens with one attached hydrogen (secondary N) is 1. The van der Waals surface area contributed by atoms with E-state index in [0.29, 0.717) is 81.9 Å². The number of anilines is 1. The number of alkyl halides is 6. The van der Waals surface area contributed by atoms with Gasteiger partial charge in [0, 0.05) is 61.8 Å². The second kappa shape index (κ2) is 16.2. The summed E-state index contributed by atoms with van der Waals surface area (Å²) in [6, 6.07) is 8.66. The van der Waals surface area contributed by atoms with Crippen LogP contribution in [0.25, 0.3) is 0 Å². The van der Waals surface area contributed by atoms with Crippen molar-refractivity contribution in [1.29, 1.82) is 0 Å². The molecule has 1 saturated heterocycles. The van der Waals surface area contributed by atoms with Gasteiger partial charge in [-0.25, -0.2) is 0 Å². The third kappa shape index (κ3) is 8.46. The molecule has 7 atom stereocenters. The molecule has 0 bridgehead atoms. The van der Waals surface area contributed by atoms with Crippen molar-refractivity contribution in [2.24, 2.45) is 34.5 Å². The normalized spacial score (nSPS) is 29.4. The lowest BCUT2D eigenvalue weighted by Crippen LogP contribution is -2.60. The molecule has 2 aromatic rings. The smallest absolute Gasteiger partial charge is 0.331 e. The number of ketones is 1. The number of hydrogen-bond donors (Lipinski definition) is 1. The zero-order valence-electron chi connectivity index (χ0n) is 33.4. The van der Waals surface area contributed by atoms with Crippen LogP contribution in [0.2, 0.25) is 0 Å². The molecule has 2 heterocycles. The van der Waals surface area contributed by atoms with Gasteiger partial charge in [-0.1, -0.05) is 38.5 Å². The highest BCUT2D eigenvalue weighted by Crippen LogP contribution is 2.66. The van der Waals surface area contributed by atoms with E-state index in [1.165, 1.54) is 4.90 Å². The maximum Gasteiger partial charge on any atom is 0.416 e. The molecule has 0 aromatic heterocycles. The lowest BCUT2D eigenvalue weighted by Gasteiger charge is -2.60. The number of hydrogen-bond acceptors (Lipinski definition) is 5. The van der Waals surface area contributed by atoms with Crippen molar-refractivity contribution >= 4 is 35.1 Å². The first-order valence-electron chi connectivity index (χ1n) is 20.8. The Bertz CT molecular complexity index is 2000. The summed E-state index contributed by atoms with van der Waals surface area (Å²) < 4.78 is 82.2. The van der Waals surface area contributed by atoms with Crippen molar-refractivity contribution < 1.29 is 50.3 Å². The predicted octanol–water partition coefficient (Wildman–Crippen LogP) is 9.31. The number of imide groups is 1. The molecule has 4 fully saturated rings. The van der Waals surface area contributed by atoms with Gasteiger partial charge in [0.2, 0.25) is 23.6 Å². The maximum absolute atomic E-state index is 13.9. The Morgan fingerprint density at radius 1 is 0.814 bits per heavy atom. The van der Waals surface area contributed by atoms with Gasteiger partial charge in [0.1, 0.15) is 5.78 Å². The molecule has 8 nitrogen and oxygen atoms in total. The standard InChI is InChI=1S/C45H51F6N3O5/c1-42-21-19-34-31(33(42)14-15-35(42)36(55)25-28-24-29(44(46,47)48)9-13-32(28)45(49,50)51)12-16-37-43(34,2)22-20-41(59)54(37)26-27-7-10-30(11-8-27)52-38(56)6-4-3-5-23-53-39(57)17-18-40(53)58/h7-11,13,20,22,24,31,33-35,37H,3-6,12,14-19,21,23,25-26H2,1-2H3,(H,52,56)/t31-,33-,34-,35+,37+,42-,43+/m0/s1. The summed E-state index contributed by atoms with van der Waals surface area (Å²) in [5.74, 6) is -0.965. The van der Waals surface area contributed by atoms with Crippen molar-refractivity contribution in [3.05, 3.63) is 76.9 Å². The van der Waals surface area contributed by atoms with Crippen LogP contribution in [0.4, 0.5) is 32.0 Å². The number of carbonyl (C=O) groups excluding carboxylic acids is 5. The summed E-state index contributed by atoms with van der Waals surface area (Å²) in [4.78, 5) is 66.7. The van der Waals surface area contributed by atoms with Gasteiger partial charge in [-0.3, -0.25) is 28.9 Å². The second-order valence-electron chi connectivity index (χ2n) is 17.8. The Balaban J connectivity index is 0.960. The third-order valence-electron chi connectivity index (χ3n) is 14.5. The summed E-state index contributed by atoms with van der Waals surface area (Å²) >= 11 is 0. The fraction of sp³-hybridized carbons (Fsp3) is 0.578. The van der Waals surface area contributed by atoms with E-state index >= 15 is 0 Å². The first-order chi connectivity index (χ1) is 27.8. The van der Waals surface area contributed by atoms with Crippen molar-refractivity contribution in [1.82, 2.24) is 9.80 Å². The molecule has 0 spiro atoms. The van der Waals surface area contributed by atoms with Crippen LogP contribution in [0.1, 0.15) is 113 Å².